The lowest BCUT2D eigenvalue weighted by atomic mass is 10.1. The molecule has 1 heterocycles. The Morgan fingerprint density at radius 2 is 2.04 bits per heavy atom. The first-order valence-corrected chi connectivity index (χ1v) is 8.01. The first kappa shape index (κ1) is 17.5. The second kappa shape index (κ2) is 7.26. The largest absolute Gasteiger partial charge is 0.465 e. The van der Waals surface area contributed by atoms with E-state index in [0.717, 1.165) is 5.56 Å². The van der Waals surface area contributed by atoms with E-state index in [4.69, 9.17) is 4.74 Å². The Morgan fingerprint density at radius 1 is 1.23 bits per heavy atom. The van der Waals surface area contributed by atoms with E-state index in [1.165, 1.54) is 13.2 Å². The highest BCUT2D eigenvalue weighted by atomic mass is 16.5. The van der Waals surface area contributed by atoms with Crippen LogP contribution in [0.3, 0.4) is 0 Å². The predicted molar refractivity (Wildman–Crippen MR) is 95.4 cm³/mol. The van der Waals surface area contributed by atoms with Crippen molar-refractivity contribution >= 4 is 29.2 Å². The van der Waals surface area contributed by atoms with Crippen LogP contribution in [0.1, 0.15) is 15.9 Å². The van der Waals surface area contributed by atoms with Crippen molar-refractivity contribution in [2.24, 2.45) is 0 Å². The SMILES string of the molecule is COC(=O)c1cccc(NC(=O)CN2CC(=O)Oc3cc(C)ccc32)c1. The van der Waals surface area contributed by atoms with E-state index in [0.29, 0.717) is 22.7 Å². The molecular formula is C19H18N2O5. The summed E-state index contributed by atoms with van der Waals surface area (Å²) < 4.78 is 9.90. The molecule has 134 valence electrons. The van der Waals surface area contributed by atoms with E-state index in [1.807, 2.05) is 19.1 Å². The van der Waals surface area contributed by atoms with Gasteiger partial charge in [-0.25, -0.2) is 9.59 Å². The van der Waals surface area contributed by atoms with Crippen LogP contribution in [0.25, 0.3) is 0 Å². The zero-order valence-corrected chi connectivity index (χ0v) is 14.4. The summed E-state index contributed by atoms with van der Waals surface area (Å²) >= 11 is 0. The fourth-order valence-electron chi connectivity index (χ4n) is 2.72. The molecule has 1 aliphatic rings. The number of nitrogens with zero attached hydrogens (tertiary/aromatic N) is 1. The molecule has 0 saturated heterocycles. The quantitative estimate of drug-likeness (QED) is 0.669. The third-order valence-electron chi connectivity index (χ3n) is 3.90. The first-order valence-electron chi connectivity index (χ1n) is 8.01. The molecule has 0 aliphatic carbocycles. The molecule has 3 rings (SSSR count). The number of aryl methyl sites for hydroxylation is 1. The first-order chi connectivity index (χ1) is 12.5. The molecule has 26 heavy (non-hydrogen) atoms. The summed E-state index contributed by atoms with van der Waals surface area (Å²) in [4.78, 5) is 37.4. The topological polar surface area (TPSA) is 84.9 Å². The van der Waals surface area contributed by atoms with Crippen molar-refractivity contribution in [2.45, 2.75) is 6.92 Å². The van der Waals surface area contributed by atoms with Crippen molar-refractivity contribution in [2.75, 3.05) is 30.4 Å². The van der Waals surface area contributed by atoms with Gasteiger partial charge in [0, 0.05) is 5.69 Å². The number of methoxy groups -OCH3 is 1. The number of nitrogens with one attached hydrogen (secondary N) is 1. The van der Waals surface area contributed by atoms with Gasteiger partial charge in [0.25, 0.3) is 0 Å². The number of hydrogen-bond donors (Lipinski definition) is 1. The Kier molecular flexibility index (Phi) is 4.88. The number of carbonyl (C=O) groups excluding carboxylic acids is 3. The van der Waals surface area contributed by atoms with Gasteiger partial charge < -0.3 is 19.7 Å². The number of fused-ring (bicyclic) bond motifs is 1. The van der Waals surface area contributed by atoms with Crippen molar-refractivity contribution in [1.29, 1.82) is 0 Å². The average molecular weight is 354 g/mol. The molecule has 0 atom stereocenters. The van der Waals surface area contributed by atoms with Crippen LogP contribution in [-0.4, -0.2) is 38.0 Å². The van der Waals surface area contributed by atoms with Crippen LogP contribution in [-0.2, 0) is 14.3 Å². The second-order valence-electron chi connectivity index (χ2n) is 5.92. The maximum atomic E-state index is 12.4. The predicted octanol–water partition coefficient (Wildman–Crippen LogP) is 2.15. The van der Waals surface area contributed by atoms with Crippen molar-refractivity contribution in [3.05, 3.63) is 53.6 Å². The Morgan fingerprint density at radius 3 is 2.81 bits per heavy atom. The number of ether oxygens (including phenoxy) is 2. The van der Waals surface area contributed by atoms with E-state index >= 15 is 0 Å². The highest BCUT2D eigenvalue weighted by Gasteiger charge is 2.25. The molecule has 2 aromatic rings. The number of hydrogen-bond acceptors (Lipinski definition) is 6. The Bertz CT molecular complexity index is 878. The molecule has 1 N–H and O–H groups in total. The highest BCUT2D eigenvalue weighted by Crippen LogP contribution is 2.32. The molecule has 0 fully saturated rings. The smallest absolute Gasteiger partial charge is 0.337 e. The Labute approximate surface area is 150 Å². The minimum absolute atomic E-state index is 0.00825. The molecule has 1 amide bonds. The van der Waals surface area contributed by atoms with E-state index < -0.39 is 11.9 Å². The van der Waals surface area contributed by atoms with Gasteiger partial charge in [-0.15, -0.1) is 0 Å². The van der Waals surface area contributed by atoms with Crippen LogP contribution in [0.4, 0.5) is 11.4 Å². The van der Waals surface area contributed by atoms with E-state index in [1.54, 1.807) is 29.2 Å². The molecule has 0 spiro atoms. The Hall–Kier alpha value is -3.35. The normalized spacial score (nSPS) is 12.8. The molecular weight excluding hydrogens is 336 g/mol. The Balaban J connectivity index is 1.73. The van der Waals surface area contributed by atoms with Gasteiger partial charge in [0.05, 0.1) is 24.9 Å². The average Bonchev–Trinajstić information content (AvgIpc) is 2.60. The van der Waals surface area contributed by atoms with Gasteiger partial charge in [-0.05, 0) is 42.8 Å². The minimum Gasteiger partial charge on any atom is -0.465 e. The lowest BCUT2D eigenvalue weighted by molar-refractivity contribution is -0.133. The molecule has 0 radical (unpaired) electrons. The zero-order chi connectivity index (χ0) is 18.7. The molecule has 0 bridgehead atoms. The van der Waals surface area contributed by atoms with Gasteiger partial charge in [-0.1, -0.05) is 12.1 Å². The van der Waals surface area contributed by atoms with E-state index in [2.05, 4.69) is 10.1 Å². The standard InChI is InChI=1S/C19H18N2O5/c1-12-6-7-15-16(8-12)26-18(23)11-21(15)10-17(22)20-14-5-3-4-13(9-14)19(24)25-2/h3-9H,10-11H2,1-2H3,(H,20,22). The maximum Gasteiger partial charge on any atom is 0.337 e. The molecule has 0 saturated carbocycles. The molecule has 1 aliphatic heterocycles. The number of esters is 2. The fraction of sp³-hybridized carbons (Fsp3) is 0.211. The van der Waals surface area contributed by atoms with Crippen LogP contribution in [0.5, 0.6) is 5.75 Å². The lowest BCUT2D eigenvalue weighted by Gasteiger charge is -2.29. The summed E-state index contributed by atoms with van der Waals surface area (Å²) in [5.41, 5.74) is 2.46. The summed E-state index contributed by atoms with van der Waals surface area (Å²) in [5.74, 6) is -0.761. The van der Waals surface area contributed by atoms with Crippen LogP contribution in [0, 0.1) is 6.92 Å². The summed E-state index contributed by atoms with van der Waals surface area (Å²) in [6.07, 6.45) is 0. The summed E-state index contributed by atoms with van der Waals surface area (Å²) in [6, 6.07) is 11.9. The number of carbonyl (C=O) groups is 3. The van der Waals surface area contributed by atoms with Gasteiger partial charge in [-0.3, -0.25) is 4.79 Å². The van der Waals surface area contributed by atoms with Crippen molar-refractivity contribution in [1.82, 2.24) is 0 Å². The summed E-state index contributed by atoms with van der Waals surface area (Å²) in [5, 5.41) is 2.73. The zero-order valence-electron chi connectivity index (χ0n) is 14.4. The molecule has 2 aromatic carbocycles. The minimum atomic E-state index is -0.482. The number of anilines is 2. The van der Waals surface area contributed by atoms with Crippen molar-refractivity contribution < 1.29 is 23.9 Å². The van der Waals surface area contributed by atoms with Gasteiger partial charge in [0.2, 0.25) is 5.91 Å². The maximum absolute atomic E-state index is 12.4. The van der Waals surface area contributed by atoms with Gasteiger partial charge in [-0.2, -0.15) is 0 Å². The third kappa shape index (κ3) is 3.83. The van der Waals surface area contributed by atoms with Crippen LogP contribution >= 0.6 is 0 Å². The lowest BCUT2D eigenvalue weighted by Crippen LogP contribution is -2.41. The van der Waals surface area contributed by atoms with Gasteiger partial charge >= 0.3 is 11.9 Å². The highest BCUT2D eigenvalue weighted by molar-refractivity contribution is 5.98. The second-order valence-corrected chi connectivity index (χ2v) is 5.92. The number of amides is 1. The summed E-state index contributed by atoms with van der Waals surface area (Å²) in [7, 11) is 1.29. The third-order valence-corrected chi connectivity index (χ3v) is 3.90. The van der Waals surface area contributed by atoms with Crippen molar-refractivity contribution in [3.63, 3.8) is 0 Å². The molecule has 0 unspecified atom stereocenters. The van der Waals surface area contributed by atoms with Gasteiger partial charge in [0.15, 0.2) is 5.75 Å². The molecule has 7 heteroatoms. The van der Waals surface area contributed by atoms with Gasteiger partial charge in [0.1, 0.15) is 6.54 Å². The van der Waals surface area contributed by atoms with E-state index in [9.17, 15) is 14.4 Å². The summed E-state index contributed by atoms with van der Waals surface area (Å²) in [6.45, 7) is 1.87. The number of benzene rings is 2. The number of rotatable bonds is 4. The fourth-order valence-corrected chi connectivity index (χ4v) is 2.72. The van der Waals surface area contributed by atoms with E-state index in [-0.39, 0.29) is 19.0 Å². The molecule has 0 aromatic heterocycles. The van der Waals surface area contributed by atoms with Crippen LogP contribution in [0.15, 0.2) is 42.5 Å². The van der Waals surface area contributed by atoms with Crippen LogP contribution in [0.2, 0.25) is 0 Å². The molecule has 7 nitrogen and oxygen atoms in total. The van der Waals surface area contributed by atoms with Crippen molar-refractivity contribution in [3.8, 4) is 5.75 Å². The monoisotopic (exact) mass is 354 g/mol. The van der Waals surface area contributed by atoms with Crippen LogP contribution < -0.4 is 15.0 Å².